The van der Waals surface area contributed by atoms with Crippen LogP contribution in [0.1, 0.15) is 5.56 Å². The lowest BCUT2D eigenvalue weighted by molar-refractivity contribution is -0.386. The van der Waals surface area contributed by atoms with Crippen LogP contribution in [0, 0.1) is 22.9 Å². The number of benzene rings is 1. The van der Waals surface area contributed by atoms with Gasteiger partial charge in [-0.3, -0.25) is 10.1 Å². The van der Waals surface area contributed by atoms with Crippen LogP contribution in [0.25, 0.3) is 0 Å². The van der Waals surface area contributed by atoms with E-state index in [9.17, 15) is 14.5 Å². The number of hydrogen-bond acceptors (Lipinski definition) is 6. The molecule has 0 amide bonds. The van der Waals surface area contributed by atoms with Gasteiger partial charge in [0.05, 0.1) is 4.92 Å². The molecule has 0 radical (unpaired) electrons. The third-order valence-corrected chi connectivity index (χ3v) is 2.51. The van der Waals surface area contributed by atoms with Crippen molar-refractivity contribution in [2.75, 3.05) is 12.4 Å². The summed E-state index contributed by atoms with van der Waals surface area (Å²) in [5.74, 6) is -0.430. The molecule has 0 saturated carbocycles. The molecule has 20 heavy (non-hydrogen) atoms. The second-order valence-corrected chi connectivity index (χ2v) is 3.90. The highest BCUT2D eigenvalue weighted by molar-refractivity contribution is 5.45. The fourth-order valence-corrected chi connectivity index (χ4v) is 1.43. The molecule has 1 aromatic carbocycles. The van der Waals surface area contributed by atoms with E-state index in [1.54, 1.807) is 14.0 Å². The third kappa shape index (κ3) is 2.79. The quantitative estimate of drug-likeness (QED) is 0.683. The van der Waals surface area contributed by atoms with Gasteiger partial charge in [-0.25, -0.2) is 9.37 Å². The Morgan fingerprint density at radius 2 is 2.20 bits per heavy atom. The molecule has 104 valence electrons. The minimum atomic E-state index is -0.667. The number of nitrogens with one attached hydrogen (secondary N) is 1. The molecule has 0 atom stereocenters. The number of anilines is 1. The number of aryl methyl sites for hydroxylation is 1. The van der Waals surface area contributed by atoms with Crippen molar-refractivity contribution in [3.05, 3.63) is 45.9 Å². The van der Waals surface area contributed by atoms with E-state index in [0.717, 1.165) is 12.3 Å². The predicted molar refractivity (Wildman–Crippen MR) is 69.4 cm³/mol. The lowest BCUT2D eigenvalue weighted by Gasteiger charge is -2.07. The van der Waals surface area contributed by atoms with Gasteiger partial charge in [0.25, 0.3) is 0 Å². The smallest absolute Gasteiger partial charge is 0.349 e. The van der Waals surface area contributed by atoms with Crippen LogP contribution in [-0.2, 0) is 0 Å². The largest absolute Gasteiger partial charge is 0.433 e. The summed E-state index contributed by atoms with van der Waals surface area (Å²) in [7, 11) is 1.57. The van der Waals surface area contributed by atoms with Crippen LogP contribution in [-0.4, -0.2) is 21.9 Å². The molecular weight excluding hydrogens is 267 g/mol. The molecule has 1 heterocycles. The van der Waals surface area contributed by atoms with Gasteiger partial charge in [-0.1, -0.05) is 6.07 Å². The van der Waals surface area contributed by atoms with E-state index < -0.39 is 16.4 Å². The highest BCUT2D eigenvalue weighted by atomic mass is 19.1. The number of aromatic nitrogens is 2. The maximum Gasteiger partial charge on any atom is 0.349 e. The van der Waals surface area contributed by atoms with E-state index in [1.165, 1.54) is 12.1 Å². The first-order valence-electron chi connectivity index (χ1n) is 5.64. The van der Waals surface area contributed by atoms with Gasteiger partial charge in [-0.15, -0.1) is 0 Å². The van der Waals surface area contributed by atoms with Crippen LogP contribution < -0.4 is 10.1 Å². The van der Waals surface area contributed by atoms with Gasteiger partial charge in [0.15, 0.2) is 0 Å². The molecule has 2 rings (SSSR count). The molecule has 1 aromatic heterocycles. The summed E-state index contributed by atoms with van der Waals surface area (Å²) in [6.07, 6.45) is 1.03. The van der Waals surface area contributed by atoms with Crippen LogP contribution in [0.2, 0.25) is 0 Å². The zero-order chi connectivity index (χ0) is 14.7. The summed E-state index contributed by atoms with van der Waals surface area (Å²) in [5.41, 5.74) is 0.0513. The topological polar surface area (TPSA) is 90.2 Å². The van der Waals surface area contributed by atoms with Crippen molar-refractivity contribution in [2.45, 2.75) is 6.92 Å². The number of rotatable bonds is 4. The average molecular weight is 278 g/mol. The number of nitrogens with zero attached hydrogens (tertiary/aromatic N) is 3. The molecule has 2 aromatic rings. The van der Waals surface area contributed by atoms with Gasteiger partial charge in [0, 0.05) is 13.1 Å². The second kappa shape index (κ2) is 5.47. The van der Waals surface area contributed by atoms with Crippen molar-refractivity contribution in [3.63, 3.8) is 0 Å². The van der Waals surface area contributed by atoms with Crippen molar-refractivity contribution >= 4 is 11.6 Å². The Morgan fingerprint density at radius 1 is 1.45 bits per heavy atom. The van der Waals surface area contributed by atoms with Crippen LogP contribution >= 0.6 is 0 Å². The van der Waals surface area contributed by atoms with Crippen molar-refractivity contribution < 1.29 is 14.1 Å². The molecule has 0 bridgehead atoms. The highest BCUT2D eigenvalue weighted by Gasteiger charge is 2.19. The van der Waals surface area contributed by atoms with E-state index >= 15 is 0 Å². The monoisotopic (exact) mass is 278 g/mol. The minimum absolute atomic E-state index is 0.122. The number of ether oxygens (including phenoxy) is 1. The Hall–Kier alpha value is -2.77. The molecule has 0 aliphatic rings. The SMILES string of the molecule is CNc1ncc([N+](=O)[O-])c(Oc2ccc(C)c(F)c2)n1. The molecule has 0 aliphatic heterocycles. The van der Waals surface area contributed by atoms with Gasteiger partial charge in [0.1, 0.15) is 17.8 Å². The van der Waals surface area contributed by atoms with Crippen LogP contribution in [0.5, 0.6) is 11.6 Å². The molecule has 1 N–H and O–H groups in total. The van der Waals surface area contributed by atoms with Gasteiger partial charge in [-0.2, -0.15) is 4.98 Å². The van der Waals surface area contributed by atoms with Crippen molar-refractivity contribution in [3.8, 4) is 11.6 Å². The zero-order valence-electron chi connectivity index (χ0n) is 10.8. The summed E-state index contributed by atoms with van der Waals surface area (Å²) in [4.78, 5) is 17.8. The standard InChI is InChI=1S/C12H11FN4O3/c1-7-3-4-8(5-9(7)13)20-11-10(17(18)19)6-15-12(14-2)16-11/h3-6H,1-2H3,(H,14,15,16). The molecule has 8 heteroatoms. The molecule has 0 unspecified atom stereocenters. The molecule has 7 nitrogen and oxygen atoms in total. The molecule has 0 aliphatic carbocycles. The van der Waals surface area contributed by atoms with Crippen molar-refractivity contribution in [1.29, 1.82) is 0 Å². The Balaban J connectivity index is 2.40. The Bertz CT molecular complexity index is 663. The molecule has 0 fully saturated rings. The second-order valence-electron chi connectivity index (χ2n) is 3.90. The van der Waals surface area contributed by atoms with Crippen LogP contribution in [0.4, 0.5) is 16.0 Å². The maximum atomic E-state index is 13.4. The normalized spacial score (nSPS) is 10.2. The Labute approximate surface area is 113 Å². The van der Waals surface area contributed by atoms with E-state index in [2.05, 4.69) is 15.3 Å². The lowest BCUT2D eigenvalue weighted by atomic mass is 10.2. The van der Waals surface area contributed by atoms with Gasteiger partial charge < -0.3 is 10.1 Å². The Kier molecular flexibility index (Phi) is 3.74. The van der Waals surface area contributed by atoms with E-state index in [4.69, 9.17) is 4.74 Å². The first-order chi connectivity index (χ1) is 9.51. The number of nitro groups is 1. The maximum absolute atomic E-state index is 13.4. The fourth-order valence-electron chi connectivity index (χ4n) is 1.43. The summed E-state index contributed by atoms with van der Waals surface area (Å²) in [6, 6.07) is 4.15. The van der Waals surface area contributed by atoms with Crippen LogP contribution in [0.15, 0.2) is 24.4 Å². The van der Waals surface area contributed by atoms with Crippen molar-refractivity contribution in [2.24, 2.45) is 0 Å². The van der Waals surface area contributed by atoms with Crippen molar-refractivity contribution in [1.82, 2.24) is 9.97 Å². The van der Waals surface area contributed by atoms with E-state index in [-0.39, 0.29) is 17.6 Å². The molecule has 0 spiro atoms. The third-order valence-electron chi connectivity index (χ3n) is 2.51. The Morgan fingerprint density at radius 3 is 2.80 bits per heavy atom. The summed E-state index contributed by atoms with van der Waals surface area (Å²) in [5, 5.41) is 13.5. The number of halogens is 1. The van der Waals surface area contributed by atoms with Gasteiger partial charge >= 0.3 is 11.6 Å². The van der Waals surface area contributed by atoms with E-state index in [0.29, 0.717) is 5.56 Å². The average Bonchev–Trinajstić information content (AvgIpc) is 2.42. The lowest BCUT2D eigenvalue weighted by Crippen LogP contribution is -2.02. The van der Waals surface area contributed by atoms with E-state index in [1.807, 2.05) is 0 Å². The summed E-state index contributed by atoms with van der Waals surface area (Å²) in [6.45, 7) is 1.60. The fraction of sp³-hybridized carbons (Fsp3) is 0.167. The molecular formula is C12H11FN4O3. The van der Waals surface area contributed by atoms with Crippen LogP contribution in [0.3, 0.4) is 0 Å². The summed E-state index contributed by atoms with van der Waals surface area (Å²) >= 11 is 0. The first kappa shape index (κ1) is 13.7. The van der Waals surface area contributed by atoms with Gasteiger partial charge in [0.2, 0.25) is 5.95 Å². The van der Waals surface area contributed by atoms with Gasteiger partial charge in [-0.05, 0) is 18.6 Å². The minimum Gasteiger partial charge on any atom is -0.433 e. The predicted octanol–water partition coefficient (Wildman–Crippen LogP) is 2.67. The first-order valence-corrected chi connectivity index (χ1v) is 5.64. The summed E-state index contributed by atoms with van der Waals surface area (Å²) < 4.78 is 18.7. The number of hydrogen-bond donors (Lipinski definition) is 1. The molecule has 0 saturated heterocycles. The zero-order valence-corrected chi connectivity index (χ0v) is 10.8. The highest BCUT2D eigenvalue weighted by Crippen LogP contribution is 2.30.